The Morgan fingerprint density at radius 3 is 2.38 bits per heavy atom. The third-order valence-electron chi connectivity index (χ3n) is 2.14. The van der Waals surface area contributed by atoms with Crippen LogP contribution in [0.15, 0.2) is 46.9 Å². The van der Waals surface area contributed by atoms with Crippen molar-refractivity contribution in [3.05, 3.63) is 50.5 Å². The first-order chi connectivity index (χ1) is 7.65. The van der Waals surface area contributed by atoms with Crippen LogP contribution in [0.5, 0.6) is 0 Å². The molecule has 2 rings (SSSR count). The van der Waals surface area contributed by atoms with Crippen molar-refractivity contribution < 1.29 is 0 Å². The summed E-state index contributed by atoms with van der Waals surface area (Å²) in [6, 6.07) is 13.9. The summed E-state index contributed by atoms with van der Waals surface area (Å²) in [4.78, 5) is 0. The van der Waals surface area contributed by atoms with E-state index in [1.165, 1.54) is 0 Å². The topological polar surface area (TPSA) is 38.0 Å². The van der Waals surface area contributed by atoms with Crippen LogP contribution in [0.2, 0.25) is 0 Å². The van der Waals surface area contributed by atoms with E-state index in [1.807, 2.05) is 42.5 Å². The van der Waals surface area contributed by atoms with E-state index in [2.05, 4.69) is 43.8 Å². The van der Waals surface area contributed by atoms with E-state index in [0.29, 0.717) is 0 Å². The number of hydrogen-bond acceptors (Lipinski definition) is 2. The summed E-state index contributed by atoms with van der Waals surface area (Å²) in [5.41, 5.74) is 8.64. The molecule has 0 aromatic heterocycles. The number of nitrogen functional groups attached to an aromatic ring is 1. The molecule has 2 aromatic carbocycles. The molecule has 4 heteroatoms. The van der Waals surface area contributed by atoms with Crippen molar-refractivity contribution in [1.82, 2.24) is 0 Å². The Morgan fingerprint density at radius 1 is 1.06 bits per heavy atom. The largest absolute Gasteiger partial charge is 0.397 e. The smallest absolute Gasteiger partial charge is 0.0618 e. The molecule has 82 valence electrons. The number of nitrogens with two attached hydrogens (primary N) is 1. The van der Waals surface area contributed by atoms with E-state index in [0.717, 1.165) is 25.1 Å². The molecule has 0 aliphatic carbocycles. The molecule has 0 atom stereocenters. The fourth-order valence-electron chi connectivity index (χ4n) is 1.34. The number of benzene rings is 2. The van der Waals surface area contributed by atoms with Gasteiger partial charge < -0.3 is 11.1 Å². The lowest BCUT2D eigenvalue weighted by molar-refractivity contribution is 1.52. The Bertz CT molecular complexity index is 497. The van der Waals surface area contributed by atoms with E-state index in [4.69, 9.17) is 5.73 Å². The highest BCUT2D eigenvalue weighted by Crippen LogP contribution is 2.25. The number of halogens is 2. The van der Waals surface area contributed by atoms with Gasteiger partial charge in [0.2, 0.25) is 0 Å². The first-order valence-corrected chi connectivity index (χ1v) is 6.60. The standard InChI is InChI=1S/C12H10BrIN2/c13-8-1-4-10(5-2-8)16-12-6-3-9(14)7-11(12)15/h1-7,16H,15H2. The van der Waals surface area contributed by atoms with Crippen LogP contribution < -0.4 is 11.1 Å². The highest BCUT2D eigenvalue weighted by atomic mass is 127. The van der Waals surface area contributed by atoms with E-state index in [-0.39, 0.29) is 0 Å². The Morgan fingerprint density at radius 2 is 1.75 bits per heavy atom. The molecule has 3 N–H and O–H groups in total. The monoisotopic (exact) mass is 388 g/mol. The number of rotatable bonds is 2. The van der Waals surface area contributed by atoms with Crippen LogP contribution in [-0.2, 0) is 0 Å². The number of nitrogens with one attached hydrogen (secondary N) is 1. The molecule has 0 saturated heterocycles. The van der Waals surface area contributed by atoms with Gasteiger partial charge in [0.1, 0.15) is 0 Å². The minimum absolute atomic E-state index is 0.759. The fraction of sp³-hybridized carbons (Fsp3) is 0. The predicted octanol–water partition coefficient (Wildman–Crippen LogP) is 4.38. The maximum atomic E-state index is 5.92. The van der Waals surface area contributed by atoms with Gasteiger partial charge in [0.15, 0.2) is 0 Å². The van der Waals surface area contributed by atoms with Crippen molar-refractivity contribution >= 4 is 55.6 Å². The van der Waals surface area contributed by atoms with Gasteiger partial charge in [0.25, 0.3) is 0 Å². The van der Waals surface area contributed by atoms with Crippen molar-refractivity contribution in [1.29, 1.82) is 0 Å². The van der Waals surface area contributed by atoms with Crippen LogP contribution in [0.4, 0.5) is 17.1 Å². The second-order valence-electron chi connectivity index (χ2n) is 3.36. The third-order valence-corrected chi connectivity index (χ3v) is 3.34. The Balaban J connectivity index is 2.23. The third kappa shape index (κ3) is 2.89. The molecular weight excluding hydrogens is 379 g/mol. The Hall–Kier alpha value is -0.750. The second-order valence-corrected chi connectivity index (χ2v) is 5.52. The molecule has 0 unspecified atom stereocenters. The van der Waals surface area contributed by atoms with Crippen LogP contribution in [-0.4, -0.2) is 0 Å². The lowest BCUT2D eigenvalue weighted by Gasteiger charge is -2.09. The summed E-state index contributed by atoms with van der Waals surface area (Å²) in [5.74, 6) is 0. The maximum Gasteiger partial charge on any atom is 0.0618 e. The zero-order chi connectivity index (χ0) is 11.5. The molecule has 0 fully saturated rings. The van der Waals surface area contributed by atoms with Crippen molar-refractivity contribution in [3.8, 4) is 0 Å². The van der Waals surface area contributed by atoms with Crippen molar-refractivity contribution in [2.24, 2.45) is 0 Å². The zero-order valence-corrected chi connectivity index (χ0v) is 12.1. The molecule has 0 heterocycles. The average molecular weight is 389 g/mol. The maximum absolute atomic E-state index is 5.92. The van der Waals surface area contributed by atoms with Gasteiger partial charge in [-0.25, -0.2) is 0 Å². The molecular formula is C12H10BrIN2. The van der Waals surface area contributed by atoms with Crippen molar-refractivity contribution in [3.63, 3.8) is 0 Å². The van der Waals surface area contributed by atoms with Gasteiger partial charge in [0.05, 0.1) is 11.4 Å². The highest BCUT2D eigenvalue weighted by Gasteiger charge is 2.00. The van der Waals surface area contributed by atoms with Gasteiger partial charge in [-0.2, -0.15) is 0 Å². The number of anilines is 3. The van der Waals surface area contributed by atoms with Crippen LogP contribution in [0.3, 0.4) is 0 Å². The summed E-state index contributed by atoms with van der Waals surface area (Å²) in [5, 5.41) is 3.28. The van der Waals surface area contributed by atoms with Gasteiger partial charge in [-0.3, -0.25) is 0 Å². The normalized spacial score (nSPS) is 10.1. The van der Waals surface area contributed by atoms with Crippen LogP contribution in [0.1, 0.15) is 0 Å². The van der Waals surface area contributed by atoms with Gasteiger partial charge in [-0.05, 0) is 65.1 Å². The zero-order valence-electron chi connectivity index (χ0n) is 8.37. The summed E-state index contributed by atoms with van der Waals surface area (Å²) >= 11 is 5.64. The van der Waals surface area contributed by atoms with E-state index >= 15 is 0 Å². The molecule has 16 heavy (non-hydrogen) atoms. The minimum Gasteiger partial charge on any atom is -0.397 e. The first kappa shape index (κ1) is 11.7. The predicted molar refractivity (Wildman–Crippen MR) is 81.0 cm³/mol. The SMILES string of the molecule is Nc1cc(I)ccc1Nc1ccc(Br)cc1. The van der Waals surface area contributed by atoms with E-state index in [1.54, 1.807) is 0 Å². The van der Waals surface area contributed by atoms with Crippen LogP contribution in [0, 0.1) is 3.57 Å². The van der Waals surface area contributed by atoms with Crippen molar-refractivity contribution in [2.45, 2.75) is 0 Å². The molecule has 2 aromatic rings. The lowest BCUT2D eigenvalue weighted by Crippen LogP contribution is -1.96. The molecule has 0 aliphatic rings. The minimum atomic E-state index is 0.759. The summed E-state index contributed by atoms with van der Waals surface area (Å²) in [6.45, 7) is 0. The second kappa shape index (κ2) is 5.05. The van der Waals surface area contributed by atoms with Gasteiger partial charge >= 0.3 is 0 Å². The van der Waals surface area contributed by atoms with Gasteiger partial charge in [0, 0.05) is 13.7 Å². The average Bonchev–Trinajstić information content (AvgIpc) is 2.25. The summed E-state index contributed by atoms with van der Waals surface area (Å²) in [6.07, 6.45) is 0. The molecule has 2 nitrogen and oxygen atoms in total. The summed E-state index contributed by atoms with van der Waals surface area (Å²) < 4.78 is 2.20. The van der Waals surface area contributed by atoms with Crippen molar-refractivity contribution in [2.75, 3.05) is 11.1 Å². The molecule has 0 spiro atoms. The molecule has 0 aliphatic heterocycles. The van der Waals surface area contributed by atoms with Crippen LogP contribution >= 0.6 is 38.5 Å². The summed E-state index contributed by atoms with van der Waals surface area (Å²) in [7, 11) is 0. The number of hydrogen-bond donors (Lipinski definition) is 2. The quantitative estimate of drug-likeness (QED) is 0.591. The van der Waals surface area contributed by atoms with Crippen LogP contribution in [0.25, 0.3) is 0 Å². The molecule has 0 bridgehead atoms. The van der Waals surface area contributed by atoms with E-state index < -0.39 is 0 Å². The van der Waals surface area contributed by atoms with E-state index in [9.17, 15) is 0 Å². The highest BCUT2D eigenvalue weighted by molar-refractivity contribution is 14.1. The van der Waals surface area contributed by atoms with Gasteiger partial charge in [-0.1, -0.05) is 15.9 Å². The molecule has 0 radical (unpaired) electrons. The van der Waals surface area contributed by atoms with Gasteiger partial charge in [-0.15, -0.1) is 0 Å². The molecule has 0 saturated carbocycles. The lowest BCUT2D eigenvalue weighted by atomic mass is 10.2. The fourth-order valence-corrected chi connectivity index (χ4v) is 2.12. The Kier molecular flexibility index (Phi) is 3.70. The Labute approximate surface area is 117 Å². The molecule has 0 amide bonds. The first-order valence-electron chi connectivity index (χ1n) is 4.73.